The molecule has 0 aliphatic rings. The first-order valence-electron chi connectivity index (χ1n) is 4.36. The maximum atomic E-state index is 10.6. The zero-order chi connectivity index (χ0) is 10.4. The van der Waals surface area contributed by atoms with Gasteiger partial charge < -0.3 is 9.47 Å². The molecule has 0 heterocycles. The summed E-state index contributed by atoms with van der Waals surface area (Å²) in [5, 5.41) is 0. The van der Waals surface area contributed by atoms with Crippen LogP contribution in [0.4, 0.5) is 0 Å². The molecule has 76 valence electrons. The standard InChI is InChI=1S/C11H14O3/c1-13-7-10-3-9(6-12)4-11(5-10)8-14-2/h3-6H,7-8H2,1-2H3. The van der Waals surface area contributed by atoms with Crippen molar-refractivity contribution in [3.8, 4) is 0 Å². The topological polar surface area (TPSA) is 35.5 Å². The van der Waals surface area contributed by atoms with E-state index in [1.165, 1.54) is 0 Å². The third-order valence-corrected chi connectivity index (χ3v) is 1.83. The van der Waals surface area contributed by atoms with Crippen LogP contribution in [-0.4, -0.2) is 20.5 Å². The van der Waals surface area contributed by atoms with Crippen molar-refractivity contribution in [2.75, 3.05) is 14.2 Å². The number of carbonyl (C=O) groups excluding carboxylic acids is 1. The molecule has 0 spiro atoms. The highest BCUT2D eigenvalue weighted by Crippen LogP contribution is 2.11. The van der Waals surface area contributed by atoms with Crippen LogP contribution >= 0.6 is 0 Å². The Kier molecular flexibility index (Phi) is 4.29. The van der Waals surface area contributed by atoms with Gasteiger partial charge in [0, 0.05) is 19.8 Å². The predicted octanol–water partition coefficient (Wildman–Crippen LogP) is 1.79. The highest BCUT2D eigenvalue weighted by molar-refractivity contribution is 5.75. The van der Waals surface area contributed by atoms with E-state index >= 15 is 0 Å². The van der Waals surface area contributed by atoms with Crippen LogP contribution in [0.1, 0.15) is 21.5 Å². The molecule has 1 rings (SSSR count). The van der Waals surface area contributed by atoms with E-state index in [9.17, 15) is 4.79 Å². The molecule has 1 aromatic carbocycles. The summed E-state index contributed by atoms with van der Waals surface area (Å²) in [7, 11) is 3.26. The maximum Gasteiger partial charge on any atom is 0.150 e. The average molecular weight is 194 g/mol. The largest absolute Gasteiger partial charge is 0.380 e. The van der Waals surface area contributed by atoms with Gasteiger partial charge in [0.05, 0.1) is 13.2 Å². The van der Waals surface area contributed by atoms with Crippen LogP contribution < -0.4 is 0 Å². The molecule has 0 N–H and O–H groups in total. The van der Waals surface area contributed by atoms with Gasteiger partial charge in [-0.25, -0.2) is 0 Å². The third kappa shape index (κ3) is 2.94. The molecule has 0 saturated heterocycles. The number of hydrogen-bond acceptors (Lipinski definition) is 3. The van der Waals surface area contributed by atoms with E-state index in [2.05, 4.69) is 0 Å². The summed E-state index contributed by atoms with van der Waals surface area (Å²) in [4.78, 5) is 10.6. The van der Waals surface area contributed by atoms with Crippen molar-refractivity contribution < 1.29 is 14.3 Å². The van der Waals surface area contributed by atoms with Crippen molar-refractivity contribution in [3.63, 3.8) is 0 Å². The Bertz CT molecular complexity index is 283. The second-order valence-electron chi connectivity index (χ2n) is 3.07. The van der Waals surface area contributed by atoms with E-state index in [0.717, 1.165) is 17.4 Å². The van der Waals surface area contributed by atoms with Crippen molar-refractivity contribution in [1.82, 2.24) is 0 Å². The van der Waals surface area contributed by atoms with Crippen LogP contribution in [0.25, 0.3) is 0 Å². The summed E-state index contributed by atoms with van der Waals surface area (Å²) < 4.78 is 10.0. The summed E-state index contributed by atoms with van der Waals surface area (Å²) in [5.74, 6) is 0. The van der Waals surface area contributed by atoms with Gasteiger partial charge in [-0.15, -0.1) is 0 Å². The Morgan fingerprint density at radius 3 is 1.93 bits per heavy atom. The van der Waals surface area contributed by atoms with Gasteiger partial charge in [-0.2, -0.15) is 0 Å². The van der Waals surface area contributed by atoms with E-state index in [0.29, 0.717) is 18.8 Å². The fraction of sp³-hybridized carbons (Fsp3) is 0.364. The van der Waals surface area contributed by atoms with Crippen LogP contribution in [0.3, 0.4) is 0 Å². The summed E-state index contributed by atoms with van der Waals surface area (Å²) in [6.45, 7) is 1.02. The summed E-state index contributed by atoms with van der Waals surface area (Å²) >= 11 is 0. The van der Waals surface area contributed by atoms with Gasteiger partial charge >= 0.3 is 0 Å². The van der Waals surface area contributed by atoms with E-state index < -0.39 is 0 Å². The molecular formula is C11H14O3. The van der Waals surface area contributed by atoms with E-state index in [1.54, 1.807) is 14.2 Å². The first-order chi connectivity index (χ1) is 6.80. The molecule has 0 saturated carbocycles. The van der Waals surface area contributed by atoms with Crippen molar-refractivity contribution in [3.05, 3.63) is 34.9 Å². The lowest BCUT2D eigenvalue weighted by Gasteiger charge is -2.05. The normalized spacial score (nSPS) is 10.1. The number of benzene rings is 1. The van der Waals surface area contributed by atoms with Gasteiger partial charge in [-0.05, 0) is 23.3 Å². The highest BCUT2D eigenvalue weighted by Gasteiger charge is 2.00. The number of ether oxygens (including phenoxy) is 2. The smallest absolute Gasteiger partial charge is 0.150 e. The molecule has 0 aromatic heterocycles. The molecule has 3 nitrogen and oxygen atoms in total. The zero-order valence-electron chi connectivity index (χ0n) is 8.45. The molecule has 0 amide bonds. The summed E-state index contributed by atoms with van der Waals surface area (Å²) in [5.41, 5.74) is 2.64. The highest BCUT2D eigenvalue weighted by atomic mass is 16.5. The second kappa shape index (κ2) is 5.52. The lowest BCUT2D eigenvalue weighted by Crippen LogP contribution is -1.95. The summed E-state index contributed by atoms with van der Waals surface area (Å²) in [6, 6.07) is 5.60. The SMILES string of the molecule is COCc1cc(C=O)cc(COC)c1. The number of rotatable bonds is 5. The van der Waals surface area contributed by atoms with Crippen molar-refractivity contribution >= 4 is 6.29 Å². The van der Waals surface area contributed by atoms with E-state index in [-0.39, 0.29) is 0 Å². The fourth-order valence-electron chi connectivity index (χ4n) is 1.36. The van der Waals surface area contributed by atoms with Crippen molar-refractivity contribution in [2.24, 2.45) is 0 Å². The lowest BCUT2D eigenvalue weighted by molar-refractivity contribution is 0.112. The molecule has 1 aromatic rings. The monoisotopic (exact) mass is 194 g/mol. The molecule has 0 radical (unpaired) electrons. The molecule has 0 atom stereocenters. The molecular weight excluding hydrogens is 180 g/mol. The Balaban J connectivity index is 2.94. The lowest BCUT2D eigenvalue weighted by atomic mass is 10.1. The third-order valence-electron chi connectivity index (χ3n) is 1.83. The first kappa shape index (κ1) is 10.9. The Hall–Kier alpha value is -1.19. The minimum atomic E-state index is 0.512. The van der Waals surface area contributed by atoms with Gasteiger partial charge in [0.15, 0.2) is 0 Å². The molecule has 0 aliphatic heterocycles. The molecule has 0 unspecified atom stereocenters. The Labute approximate surface area is 83.6 Å². The van der Waals surface area contributed by atoms with E-state index in [4.69, 9.17) is 9.47 Å². The number of hydrogen-bond donors (Lipinski definition) is 0. The zero-order valence-corrected chi connectivity index (χ0v) is 8.45. The molecule has 0 bridgehead atoms. The summed E-state index contributed by atoms with van der Waals surface area (Å²) in [6.07, 6.45) is 0.832. The molecule has 3 heteroatoms. The van der Waals surface area contributed by atoms with Crippen LogP contribution in [0, 0.1) is 0 Å². The molecule has 0 fully saturated rings. The first-order valence-corrected chi connectivity index (χ1v) is 4.36. The Morgan fingerprint density at radius 2 is 1.57 bits per heavy atom. The number of methoxy groups -OCH3 is 2. The maximum absolute atomic E-state index is 10.6. The Morgan fingerprint density at radius 1 is 1.07 bits per heavy atom. The van der Waals surface area contributed by atoms with Gasteiger partial charge in [-0.3, -0.25) is 4.79 Å². The molecule has 14 heavy (non-hydrogen) atoms. The van der Waals surface area contributed by atoms with Gasteiger partial charge in [0.1, 0.15) is 6.29 Å². The van der Waals surface area contributed by atoms with E-state index in [1.807, 2.05) is 18.2 Å². The van der Waals surface area contributed by atoms with Crippen LogP contribution in [-0.2, 0) is 22.7 Å². The van der Waals surface area contributed by atoms with Gasteiger partial charge in [-0.1, -0.05) is 6.07 Å². The van der Waals surface area contributed by atoms with Crippen molar-refractivity contribution in [2.45, 2.75) is 13.2 Å². The van der Waals surface area contributed by atoms with Crippen LogP contribution in [0.15, 0.2) is 18.2 Å². The van der Waals surface area contributed by atoms with Gasteiger partial charge in [0.25, 0.3) is 0 Å². The minimum absolute atomic E-state index is 0.512. The second-order valence-corrected chi connectivity index (χ2v) is 3.07. The van der Waals surface area contributed by atoms with Crippen LogP contribution in [0.5, 0.6) is 0 Å². The predicted molar refractivity (Wildman–Crippen MR) is 53.3 cm³/mol. The molecule has 0 aliphatic carbocycles. The van der Waals surface area contributed by atoms with Gasteiger partial charge in [0.2, 0.25) is 0 Å². The number of carbonyl (C=O) groups is 1. The number of aldehydes is 1. The quantitative estimate of drug-likeness (QED) is 0.670. The minimum Gasteiger partial charge on any atom is -0.380 e. The van der Waals surface area contributed by atoms with Crippen molar-refractivity contribution in [1.29, 1.82) is 0 Å². The fourth-order valence-corrected chi connectivity index (χ4v) is 1.36. The average Bonchev–Trinajstić information content (AvgIpc) is 2.18. The van der Waals surface area contributed by atoms with Crippen LogP contribution in [0.2, 0.25) is 0 Å².